The maximum atomic E-state index is 13.1. The summed E-state index contributed by atoms with van der Waals surface area (Å²) in [6.07, 6.45) is 9.66. The number of amides is 1. The Kier molecular flexibility index (Phi) is 4.59. The highest BCUT2D eigenvalue weighted by atomic mass is 19.1. The van der Waals surface area contributed by atoms with Gasteiger partial charge in [-0.1, -0.05) is 12.1 Å². The Bertz CT molecular complexity index is 1190. The summed E-state index contributed by atoms with van der Waals surface area (Å²) in [5, 5.41) is 3.01. The van der Waals surface area contributed by atoms with Crippen molar-refractivity contribution in [2.75, 3.05) is 18.0 Å². The number of aromatic nitrogens is 4. The number of halogens is 1. The van der Waals surface area contributed by atoms with Crippen LogP contribution in [0.3, 0.4) is 0 Å². The predicted octanol–water partition coefficient (Wildman–Crippen LogP) is 2.94. The van der Waals surface area contributed by atoms with Crippen LogP contribution in [-0.4, -0.2) is 44.4 Å². The summed E-state index contributed by atoms with van der Waals surface area (Å²) in [4.78, 5) is 27.7. The summed E-state index contributed by atoms with van der Waals surface area (Å²) in [5.74, 6) is 0.427. The number of fused-ring (bicyclic) bond motifs is 1. The van der Waals surface area contributed by atoms with E-state index in [1.54, 1.807) is 30.7 Å². The second-order valence-corrected chi connectivity index (χ2v) is 7.26. The molecule has 150 valence electrons. The number of carbonyl (C=O) groups excluding carboxylic acids is 1. The summed E-state index contributed by atoms with van der Waals surface area (Å²) in [6.45, 7) is 1.49. The molecule has 0 aliphatic carbocycles. The number of carbonyl (C=O) groups is 1. The van der Waals surface area contributed by atoms with Crippen molar-refractivity contribution in [1.29, 1.82) is 0 Å². The SMILES string of the molecule is O=C(NC1CCN(c2nccn3cccc23)C1)c1ncc(-c2ccc(F)cc2)cn1. The first-order chi connectivity index (χ1) is 14.7. The van der Waals surface area contributed by atoms with E-state index in [9.17, 15) is 9.18 Å². The molecule has 3 aromatic heterocycles. The third-order valence-electron chi connectivity index (χ3n) is 5.29. The summed E-state index contributed by atoms with van der Waals surface area (Å²) in [6, 6.07) is 10.1. The third-order valence-corrected chi connectivity index (χ3v) is 5.29. The van der Waals surface area contributed by atoms with Crippen molar-refractivity contribution in [3.63, 3.8) is 0 Å². The van der Waals surface area contributed by atoms with Gasteiger partial charge in [-0.05, 0) is 36.2 Å². The Labute approximate surface area is 172 Å². The number of anilines is 1. The lowest BCUT2D eigenvalue weighted by molar-refractivity contribution is 0.0930. The highest BCUT2D eigenvalue weighted by Crippen LogP contribution is 2.23. The van der Waals surface area contributed by atoms with Gasteiger partial charge in [0.1, 0.15) is 5.82 Å². The molecule has 1 unspecified atom stereocenters. The van der Waals surface area contributed by atoms with Crippen LogP contribution in [0.25, 0.3) is 16.6 Å². The molecule has 1 aliphatic heterocycles. The largest absolute Gasteiger partial charge is 0.353 e. The lowest BCUT2D eigenvalue weighted by atomic mass is 10.1. The van der Waals surface area contributed by atoms with Crippen LogP contribution in [0.5, 0.6) is 0 Å². The van der Waals surface area contributed by atoms with Crippen LogP contribution in [0, 0.1) is 5.82 Å². The average molecular weight is 402 g/mol. The van der Waals surface area contributed by atoms with Crippen LogP contribution in [0.1, 0.15) is 17.0 Å². The topological polar surface area (TPSA) is 75.4 Å². The van der Waals surface area contributed by atoms with E-state index in [2.05, 4.69) is 25.2 Å². The molecule has 4 heterocycles. The first-order valence-electron chi connectivity index (χ1n) is 9.73. The number of rotatable bonds is 4. The van der Waals surface area contributed by atoms with Crippen molar-refractivity contribution >= 4 is 17.2 Å². The molecular weight excluding hydrogens is 383 g/mol. The van der Waals surface area contributed by atoms with Crippen LogP contribution in [0.4, 0.5) is 10.2 Å². The quantitative estimate of drug-likeness (QED) is 0.568. The Balaban J connectivity index is 1.25. The van der Waals surface area contributed by atoms with Gasteiger partial charge in [-0.25, -0.2) is 19.3 Å². The third kappa shape index (κ3) is 3.47. The lowest BCUT2D eigenvalue weighted by Crippen LogP contribution is -2.38. The van der Waals surface area contributed by atoms with E-state index in [1.165, 1.54) is 12.1 Å². The zero-order chi connectivity index (χ0) is 20.5. The van der Waals surface area contributed by atoms with Crippen LogP contribution in [0.2, 0.25) is 0 Å². The van der Waals surface area contributed by atoms with Crippen molar-refractivity contribution in [2.45, 2.75) is 12.5 Å². The molecule has 1 atom stereocenters. The highest BCUT2D eigenvalue weighted by Gasteiger charge is 2.27. The molecule has 1 aromatic carbocycles. The minimum Gasteiger partial charge on any atom is -0.353 e. The molecule has 5 rings (SSSR count). The summed E-state index contributed by atoms with van der Waals surface area (Å²) in [5.41, 5.74) is 2.57. The average Bonchev–Trinajstić information content (AvgIpc) is 3.44. The van der Waals surface area contributed by atoms with Gasteiger partial charge in [0.2, 0.25) is 5.82 Å². The predicted molar refractivity (Wildman–Crippen MR) is 111 cm³/mol. The Hall–Kier alpha value is -3.81. The van der Waals surface area contributed by atoms with Crippen molar-refractivity contribution in [3.05, 3.63) is 79.0 Å². The van der Waals surface area contributed by atoms with Gasteiger partial charge in [0.15, 0.2) is 5.82 Å². The van der Waals surface area contributed by atoms with Crippen LogP contribution < -0.4 is 10.2 Å². The van der Waals surface area contributed by atoms with E-state index in [0.717, 1.165) is 35.4 Å². The first-order valence-corrected chi connectivity index (χ1v) is 9.73. The van der Waals surface area contributed by atoms with Gasteiger partial charge in [0, 0.05) is 55.7 Å². The van der Waals surface area contributed by atoms with Crippen LogP contribution >= 0.6 is 0 Å². The smallest absolute Gasteiger partial charge is 0.289 e. The Morgan fingerprint density at radius 1 is 1.03 bits per heavy atom. The molecule has 1 saturated heterocycles. The van der Waals surface area contributed by atoms with E-state index in [1.807, 2.05) is 28.9 Å². The fourth-order valence-corrected chi connectivity index (χ4v) is 3.76. The minimum absolute atomic E-state index is 0.00473. The van der Waals surface area contributed by atoms with Crippen molar-refractivity contribution in [1.82, 2.24) is 24.7 Å². The summed E-state index contributed by atoms with van der Waals surface area (Å²) in [7, 11) is 0. The maximum Gasteiger partial charge on any atom is 0.289 e. The first kappa shape index (κ1) is 18.2. The number of nitrogens with one attached hydrogen (secondary N) is 1. The van der Waals surface area contributed by atoms with E-state index in [4.69, 9.17) is 0 Å². The molecule has 1 amide bonds. The molecule has 1 aliphatic rings. The van der Waals surface area contributed by atoms with Crippen LogP contribution in [0.15, 0.2) is 67.4 Å². The Morgan fingerprint density at radius 3 is 2.63 bits per heavy atom. The van der Waals surface area contributed by atoms with Gasteiger partial charge < -0.3 is 14.6 Å². The molecular formula is C22H19FN6O. The fourth-order valence-electron chi connectivity index (χ4n) is 3.76. The molecule has 4 aromatic rings. The number of hydrogen-bond acceptors (Lipinski definition) is 5. The number of hydrogen-bond donors (Lipinski definition) is 1. The van der Waals surface area contributed by atoms with Gasteiger partial charge in [-0.3, -0.25) is 4.79 Å². The lowest BCUT2D eigenvalue weighted by Gasteiger charge is -2.18. The second kappa shape index (κ2) is 7.55. The van der Waals surface area contributed by atoms with Crippen molar-refractivity contribution < 1.29 is 9.18 Å². The van der Waals surface area contributed by atoms with Crippen molar-refractivity contribution in [2.24, 2.45) is 0 Å². The Morgan fingerprint density at radius 2 is 1.83 bits per heavy atom. The van der Waals surface area contributed by atoms with Gasteiger partial charge in [-0.2, -0.15) is 0 Å². The molecule has 0 radical (unpaired) electrons. The van der Waals surface area contributed by atoms with E-state index >= 15 is 0 Å². The van der Waals surface area contributed by atoms with Gasteiger partial charge in [-0.15, -0.1) is 0 Å². The maximum absolute atomic E-state index is 13.1. The molecule has 8 heteroatoms. The molecule has 0 bridgehead atoms. The zero-order valence-electron chi connectivity index (χ0n) is 16.1. The molecule has 0 spiro atoms. The number of nitrogens with zero attached hydrogens (tertiary/aromatic N) is 5. The molecule has 30 heavy (non-hydrogen) atoms. The van der Waals surface area contributed by atoms with Crippen molar-refractivity contribution in [3.8, 4) is 11.1 Å². The zero-order valence-corrected chi connectivity index (χ0v) is 16.1. The van der Waals surface area contributed by atoms with E-state index in [-0.39, 0.29) is 23.6 Å². The van der Waals surface area contributed by atoms with Gasteiger partial charge in [0.05, 0.1) is 5.52 Å². The normalized spacial score (nSPS) is 16.2. The molecule has 1 fully saturated rings. The molecule has 0 saturated carbocycles. The highest BCUT2D eigenvalue weighted by molar-refractivity contribution is 5.91. The van der Waals surface area contributed by atoms with Crippen LogP contribution in [-0.2, 0) is 0 Å². The minimum atomic E-state index is -0.304. The van der Waals surface area contributed by atoms with E-state index in [0.29, 0.717) is 6.54 Å². The van der Waals surface area contributed by atoms with Gasteiger partial charge >= 0.3 is 0 Å². The summed E-state index contributed by atoms with van der Waals surface area (Å²) < 4.78 is 15.1. The molecule has 7 nitrogen and oxygen atoms in total. The van der Waals surface area contributed by atoms with Gasteiger partial charge in [0.25, 0.3) is 5.91 Å². The fraction of sp³-hybridized carbons (Fsp3) is 0.182. The molecule has 1 N–H and O–H groups in total. The number of benzene rings is 1. The van der Waals surface area contributed by atoms with E-state index < -0.39 is 0 Å². The monoisotopic (exact) mass is 402 g/mol. The summed E-state index contributed by atoms with van der Waals surface area (Å²) >= 11 is 0. The second-order valence-electron chi connectivity index (χ2n) is 7.26. The standard InChI is InChI=1S/C22H19FN6O/c23-17-5-3-15(4-6-17)16-12-25-20(26-13-16)22(30)27-18-7-10-29(14-18)21-19-2-1-9-28(19)11-8-24-21/h1-6,8-9,11-13,18H,7,10,14H2,(H,27,30).